The van der Waals surface area contributed by atoms with Crippen molar-refractivity contribution < 1.29 is 9.47 Å². The number of morpholine rings is 1. The van der Waals surface area contributed by atoms with Gasteiger partial charge in [-0.15, -0.1) is 0 Å². The first-order valence-corrected chi connectivity index (χ1v) is 7.46. The number of nitrogens with zero attached hydrogens (tertiary/aromatic N) is 1. The number of hydrogen-bond acceptors (Lipinski definition) is 3. The van der Waals surface area contributed by atoms with Crippen LogP contribution >= 0.6 is 0 Å². The van der Waals surface area contributed by atoms with Crippen molar-refractivity contribution in [2.24, 2.45) is 0 Å². The van der Waals surface area contributed by atoms with E-state index in [-0.39, 0.29) is 0 Å². The molecule has 0 unspecified atom stereocenters. The summed E-state index contributed by atoms with van der Waals surface area (Å²) in [6, 6.07) is 6.72. The van der Waals surface area contributed by atoms with Gasteiger partial charge in [0.1, 0.15) is 5.75 Å². The fourth-order valence-corrected chi connectivity index (χ4v) is 2.90. The lowest BCUT2D eigenvalue weighted by atomic mass is 10.0. The summed E-state index contributed by atoms with van der Waals surface area (Å²) in [6.07, 6.45) is 4.74. The Morgan fingerprint density at radius 1 is 1.11 bits per heavy atom. The Labute approximate surface area is 115 Å². The summed E-state index contributed by atoms with van der Waals surface area (Å²) in [4.78, 5) is 2.50. The molecule has 2 heterocycles. The fourth-order valence-electron chi connectivity index (χ4n) is 2.90. The highest BCUT2D eigenvalue weighted by molar-refractivity contribution is 5.38. The monoisotopic (exact) mass is 261 g/mol. The van der Waals surface area contributed by atoms with Crippen LogP contribution < -0.4 is 4.74 Å². The second-order valence-corrected chi connectivity index (χ2v) is 5.45. The molecule has 1 aromatic carbocycles. The summed E-state index contributed by atoms with van der Waals surface area (Å²) in [6.45, 7) is 6.06. The minimum Gasteiger partial charge on any atom is -0.493 e. The smallest absolute Gasteiger partial charge is 0.122 e. The van der Waals surface area contributed by atoms with Crippen LogP contribution in [-0.2, 0) is 17.6 Å². The van der Waals surface area contributed by atoms with Crippen molar-refractivity contribution in [3.8, 4) is 5.75 Å². The molecule has 2 aliphatic heterocycles. The molecular weight excluding hydrogens is 238 g/mol. The van der Waals surface area contributed by atoms with Crippen LogP contribution in [0.15, 0.2) is 18.2 Å². The first-order valence-electron chi connectivity index (χ1n) is 7.46. The molecule has 2 aliphatic rings. The number of aryl methyl sites for hydroxylation is 2. The van der Waals surface area contributed by atoms with Gasteiger partial charge in [-0.3, -0.25) is 4.90 Å². The highest BCUT2D eigenvalue weighted by atomic mass is 16.5. The Hall–Kier alpha value is -1.06. The molecule has 0 saturated carbocycles. The molecule has 0 aromatic heterocycles. The van der Waals surface area contributed by atoms with Crippen LogP contribution in [0.3, 0.4) is 0 Å². The Bertz CT molecular complexity index is 413. The maximum absolute atomic E-state index is 5.66. The van der Waals surface area contributed by atoms with E-state index in [1.165, 1.54) is 36.9 Å². The first kappa shape index (κ1) is 12.9. The number of benzene rings is 1. The quantitative estimate of drug-likeness (QED) is 0.830. The molecule has 1 fully saturated rings. The topological polar surface area (TPSA) is 21.7 Å². The largest absolute Gasteiger partial charge is 0.493 e. The van der Waals surface area contributed by atoms with Crippen molar-refractivity contribution in [2.75, 3.05) is 39.5 Å². The SMILES string of the molecule is c1cc2c(cc1CCCN1CCOCC1)CCCO2. The fraction of sp³-hybridized carbons (Fsp3) is 0.625. The van der Waals surface area contributed by atoms with Crippen molar-refractivity contribution in [3.05, 3.63) is 29.3 Å². The predicted octanol–water partition coefficient (Wildman–Crippen LogP) is 2.28. The van der Waals surface area contributed by atoms with Gasteiger partial charge in [0.25, 0.3) is 0 Å². The molecule has 1 saturated heterocycles. The molecule has 0 atom stereocenters. The van der Waals surface area contributed by atoms with Gasteiger partial charge in [-0.2, -0.15) is 0 Å². The molecule has 0 N–H and O–H groups in total. The third-order valence-corrected chi connectivity index (χ3v) is 4.02. The van der Waals surface area contributed by atoms with Crippen molar-refractivity contribution in [1.82, 2.24) is 4.90 Å². The van der Waals surface area contributed by atoms with Crippen LogP contribution in [0.5, 0.6) is 5.75 Å². The van der Waals surface area contributed by atoms with E-state index in [1.54, 1.807) is 0 Å². The van der Waals surface area contributed by atoms with E-state index >= 15 is 0 Å². The van der Waals surface area contributed by atoms with Crippen LogP contribution in [0, 0.1) is 0 Å². The maximum atomic E-state index is 5.66. The first-order chi connectivity index (χ1) is 9.42. The standard InChI is InChI=1S/C16H23NO2/c1(7-17-8-11-18-12-9-17)3-14-5-6-16-15(13-14)4-2-10-19-16/h5-6,13H,1-4,7-12H2. The van der Waals surface area contributed by atoms with Gasteiger partial charge >= 0.3 is 0 Å². The van der Waals surface area contributed by atoms with E-state index < -0.39 is 0 Å². The summed E-state index contributed by atoms with van der Waals surface area (Å²) in [5, 5.41) is 0. The van der Waals surface area contributed by atoms with Crippen molar-refractivity contribution in [3.63, 3.8) is 0 Å². The Balaban J connectivity index is 1.49. The van der Waals surface area contributed by atoms with E-state index in [0.717, 1.165) is 45.1 Å². The number of rotatable bonds is 4. The lowest BCUT2D eigenvalue weighted by Gasteiger charge is -2.26. The van der Waals surface area contributed by atoms with Gasteiger partial charge in [0, 0.05) is 13.1 Å². The molecule has 104 valence electrons. The normalized spacial score (nSPS) is 19.8. The second kappa shape index (κ2) is 6.40. The van der Waals surface area contributed by atoms with Gasteiger partial charge in [-0.1, -0.05) is 12.1 Å². The van der Waals surface area contributed by atoms with Crippen LogP contribution in [0.1, 0.15) is 24.0 Å². The maximum Gasteiger partial charge on any atom is 0.122 e. The highest BCUT2D eigenvalue weighted by Crippen LogP contribution is 2.25. The molecule has 3 nitrogen and oxygen atoms in total. The molecule has 0 amide bonds. The molecular formula is C16H23NO2. The molecule has 0 bridgehead atoms. The molecule has 0 spiro atoms. The Kier molecular flexibility index (Phi) is 4.36. The molecule has 3 rings (SSSR count). The Morgan fingerprint density at radius 2 is 2.00 bits per heavy atom. The summed E-state index contributed by atoms with van der Waals surface area (Å²) in [7, 11) is 0. The van der Waals surface area contributed by atoms with E-state index in [2.05, 4.69) is 23.1 Å². The van der Waals surface area contributed by atoms with Crippen molar-refractivity contribution >= 4 is 0 Å². The third kappa shape index (κ3) is 3.48. The van der Waals surface area contributed by atoms with E-state index in [0.29, 0.717) is 0 Å². The zero-order chi connectivity index (χ0) is 12.9. The molecule has 3 heteroatoms. The van der Waals surface area contributed by atoms with Gasteiger partial charge in [-0.05, 0) is 49.4 Å². The minimum absolute atomic E-state index is 0.878. The van der Waals surface area contributed by atoms with Gasteiger partial charge in [0.2, 0.25) is 0 Å². The molecule has 1 aromatic rings. The number of fused-ring (bicyclic) bond motifs is 1. The minimum atomic E-state index is 0.878. The molecule has 0 radical (unpaired) electrons. The average molecular weight is 261 g/mol. The van der Waals surface area contributed by atoms with E-state index in [4.69, 9.17) is 9.47 Å². The summed E-state index contributed by atoms with van der Waals surface area (Å²) >= 11 is 0. The summed E-state index contributed by atoms with van der Waals surface area (Å²) in [5.74, 6) is 1.10. The van der Waals surface area contributed by atoms with Crippen molar-refractivity contribution in [1.29, 1.82) is 0 Å². The second-order valence-electron chi connectivity index (χ2n) is 5.45. The van der Waals surface area contributed by atoms with Crippen LogP contribution in [0.4, 0.5) is 0 Å². The van der Waals surface area contributed by atoms with Gasteiger partial charge in [0.15, 0.2) is 0 Å². The summed E-state index contributed by atoms with van der Waals surface area (Å²) in [5.41, 5.74) is 2.85. The molecule has 0 aliphatic carbocycles. The van der Waals surface area contributed by atoms with E-state index in [1.807, 2.05) is 0 Å². The Morgan fingerprint density at radius 3 is 2.89 bits per heavy atom. The lowest BCUT2D eigenvalue weighted by Crippen LogP contribution is -2.36. The van der Waals surface area contributed by atoms with Crippen LogP contribution in [0.2, 0.25) is 0 Å². The molecule has 19 heavy (non-hydrogen) atoms. The van der Waals surface area contributed by atoms with E-state index in [9.17, 15) is 0 Å². The average Bonchev–Trinajstić information content (AvgIpc) is 2.48. The van der Waals surface area contributed by atoms with Crippen molar-refractivity contribution in [2.45, 2.75) is 25.7 Å². The van der Waals surface area contributed by atoms with Gasteiger partial charge in [-0.25, -0.2) is 0 Å². The zero-order valence-electron chi connectivity index (χ0n) is 11.6. The number of hydrogen-bond donors (Lipinski definition) is 0. The third-order valence-electron chi connectivity index (χ3n) is 4.02. The van der Waals surface area contributed by atoms with Crippen LogP contribution in [0.25, 0.3) is 0 Å². The predicted molar refractivity (Wildman–Crippen MR) is 75.8 cm³/mol. The van der Waals surface area contributed by atoms with Gasteiger partial charge in [0.05, 0.1) is 19.8 Å². The number of ether oxygens (including phenoxy) is 2. The summed E-state index contributed by atoms with van der Waals surface area (Å²) < 4.78 is 11.0. The van der Waals surface area contributed by atoms with Gasteiger partial charge < -0.3 is 9.47 Å². The zero-order valence-corrected chi connectivity index (χ0v) is 11.6. The van der Waals surface area contributed by atoms with Crippen LogP contribution in [-0.4, -0.2) is 44.4 Å². The highest BCUT2D eigenvalue weighted by Gasteiger charge is 2.12. The lowest BCUT2D eigenvalue weighted by molar-refractivity contribution is 0.0374.